The Morgan fingerprint density at radius 2 is 1.53 bits per heavy atom. The summed E-state index contributed by atoms with van der Waals surface area (Å²) in [5.41, 5.74) is -0.697. The lowest BCUT2D eigenvalue weighted by Gasteiger charge is -2.27. The van der Waals surface area contributed by atoms with E-state index in [9.17, 15) is 17.6 Å². The van der Waals surface area contributed by atoms with Crippen LogP contribution in [0.2, 0.25) is 0 Å². The Labute approximate surface area is 84.1 Å². The van der Waals surface area contributed by atoms with E-state index in [1.165, 1.54) is 0 Å². The number of anilines is 1. The molecule has 1 aromatic carbocycles. The van der Waals surface area contributed by atoms with E-state index in [0.717, 1.165) is 19.3 Å². The highest BCUT2D eigenvalue weighted by Gasteiger charge is 2.24. The first-order valence-corrected chi connectivity index (χ1v) is 4.69. The van der Waals surface area contributed by atoms with E-state index in [1.54, 1.807) is 0 Å². The molecule has 0 aromatic heterocycles. The zero-order chi connectivity index (χ0) is 11.0. The van der Waals surface area contributed by atoms with Crippen molar-refractivity contribution >= 4 is 5.69 Å². The third-order valence-electron chi connectivity index (χ3n) is 2.57. The molecule has 0 unspecified atom stereocenters. The molecule has 0 amide bonds. The summed E-state index contributed by atoms with van der Waals surface area (Å²) in [5.74, 6) is -5.48. The molecular weight excluding hydrogens is 210 g/mol. The van der Waals surface area contributed by atoms with Crippen molar-refractivity contribution in [2.24, 2.45) is 0 Å². The monoisotopic (exact) mass is 219 g/mol. The summed E-state index contributed by atoms with van der Waals surface area (Å²) in [6.45, 7) is 0. The molecule has 0 heterocycles. The Morgan fingerprint density at radius 3 is 1.93 bits per heavy atom. The summed E-state index contributed by atoms with van der Waals surface area (Å²) in [6.07, 6.45) is 2.48. The van der Waals surface area contributed by atoms with E-state index in [2.05, 4.69) is 5.32 Å². The second-order valence-electron chi connectivity index (χ2n) is 3.62. The molecule has 1 N–H and O–H groups in total. The van der Waals surface area contributed by atoms with Gasteiger partial charge in [-0.3, -0.25) is 0 Å². The summed E-state index contributed by atoms with van der Waals surface area (Å²) >= 11 is 0. The van der Waals surface area contributed by atoms with Gasteiger partial charge in [-0.05, 0) is 19.3 Å². The highest BCUT2D eigenvalue weighted by molar-refractivity contribution is 5.48. The van der Waals surface area contributed by atoms with Gasteiger partial charge in [-0.2, -0.15) is 0 Å². The van der Waals surface area contributed by atoms with Crippen LogP contribution in [0.4, 0.5) is 23.2 Å². The first kappa shape index (κ1) is 10.3. The van der Waals surface area contributed by atoms with Gasteiger partial charge in [-0.25, -0.2) is 17.6 Å². The molecular formula is C10H9F4N. The molecule has 82 valence electrons. The molecule has 0 spiro atoms. The van der Waals surface area contributed by atoms with Gasteiger partial charge in [0.1, 0.15) is 5.69 Å². The van der Waals surface area contributed by atoms with Gasteiger partial charge >= 0.3 is 0 Å². The second-order valence-corrected chi connectivity index (χ2v) is 3.62. The Bertz CT molecular complexity index is 361. The molecule has 0 radical (unpaired) electrons. The highest BCUT2D eigenvalue weighted by atomic mass is 19.2. The van der Waals surface area contributed by atoms with Crippen LogP contribution in [-0.4, -0.2) is 6.04 Å². The van der Waals surface area contributed by atoms with E-state index in [4.69, 9.17) is 0 Å². The van der Waals surface area contributed by atoms with Crippen molar-refractivity contribution in [2.45, 2.75) is 25.3 Å². The lowest BCUT2D eigenvalue weighted by Crippen LogP contribution is -2.28. The molecule has 1 nitrogen and oxygen atoms in total. The molecule has 2 rings (SSSR count). The maximum atomic E-state index is 13.1. The van der Waals surface area contributed by atoms with E-state index in [1.807, 2.05) is 0 Å². The predicted molar refractivity (Wildman–Crippen MR) is 47.5 cm³/mol. The quantitative estimate of drug-likeness (QED) is 0.595. The molecule has 1 aliphatic rings. The zero-order valence-corrected chi connectivity index (χ0v) is 7.79. The van der Waals surface area contributed by atoms with Crippen molar-refractivity contribution in [3.8, 4) is 0 Å². The van der Waals surface area contributed by atoms with Gasteiger partial charge in [0, 0.05) is 12.1 Å². The third kappa shape index (κ3) is 1.78. The number of halogens is 4. The molecule has 1 fully saturated rings. The fraction of sp³-hybridized carbons (Fsp3) is 0.400. The highest BCUT2D eigenvalue weighted by Crippen LogP contribution is 2.29. The van der Waals surface area contributed by atoms with Crippen molar-refractivity contribution in [3.05, 3.63) is 29.3 Å². The predicted octanol–water partition coefficient (Wildman–Crippen LogP) is 3.21. The third-order valence-corrected chi connectivity index (χ3v) is 2.57. The van der Waals surface area contributed by atoms with Crippen molar-refractivity contribution in [1.29, 1.82) is 0 Å². The molecule has 0 saturated heterocycles. The van der Waals surface area contributed by atoms with Gasteiger partial charge in [-0.15, -0.1) is 0 Å². The Kier molecular flexibility index (Phi) is 2.54. The smallest absolute Gasteiger partial charge is 0.185 e. The Balaban J connectivity index is 2.34. The van der Waals surface area contributed by atoms with Gasteiger partial charge in [0.05, 0.1) is 0 Å². The van der Waals surface area contributed by atoms with Gasteiger partial charge in [0.25, 0.3) is 0 Å². The number of nitrogens with one attached hydrogen (secondary N) is 1. The summed E-state index contributed by atoms with van der Waals surface area (Å²) in [7, 11) is 0. The number of hydrogen-bond acceptors (Lipinski definition) is 1. The normalized spacial score (nSPS) is 16.3. The van der Waals surface area contributed by atoms with Crippen molar-refractivity contribution < 1.29 is 17.6 Å². The van der Waals surface area contributed by atoms with E-state index < -0.39 is 29.0 Å². The average molecular weight is 219 g/mol. The fourth-order valence-electron chi connectivity index (χ4n) is 1.46. The van der Waals surface area contributed by atoms with Gasteiger partial charge in [-0.1, -0.05) is 0 Å². The number of hydrogen-bond donors (Lipinski definition) is 1. The maximum absolute atomic E-state index is 13.1. The molecule has 0 aliphatic heterocycles. The zero-order valence-electron chi connectivity index (χ0n) is 7.79. The van der Waals surface area contributed by atoms with Crippen LogP contribution in [0, 0.1) is 23.3 Å². The van der Waals surface area contributed by atoms with Crippen LogP contribution < -0.4 is 5.32 Å². The van der Waals surface area contributed by atoms with Crippen LogP contribution in [0.3, 0.4) is 0 Å². The van der Waals surface area contributed by atoms with Gasteiger partial charge < -0.3 is 5.32 Å². The van der Waals surface area contributed by atoms with Crippen LogP contribution in [0.25, 0.3) is 0 Å². The first-order chi connectivity index (χ1) is 7.09. The minimum absolute atomic E-state index is 0.0878. The Morgan fingerprint density at radius 1 is 1.00 bits per heavy atom. The second kappa shape index (κ2) is 3.72. The lowest BCUT2D eigenvalue weighted by atomic mass is 9.93. The molecule has 1 aliphatic carbocycles. The van der Waals surface area contributed by atoms with Crippen molar-refractivity contribution in [3.63, 3.8) is 0 Å². The Hall–Kier alpha value is -1.26. The minimum Gasteiger partial charge on any atom is -0.377 e. The van der Waals surface area contributed by atoms with Gasteiger partial charge in [0.2, 0.25) is 0 Å². The fourth-order valence-corrected chi connectivity index (χ4v) is 1.46. The average Bonchev–Trinajstić information content (AvgIpc) is 2.12. The van der Waals surface area contributed by atoms with E-state index in [-0.39, 0.29) is 12.1 Å². The summed E-state index contributed by atoms with van der Waals surface area (Å²) < 4.78 is 51.8. The molecule has 5 heteroatoms. The van der Waals surface area contributed by atoms with Crippen LogP contribution in [-0.2, 0) is 0 Å². The summed E-state index contributed by atoms with van der Waals surface area (Å²) in [4.78, 5) is 0. The number of benzene rings is 1. The summed E-state index contributed by atoms with van der Waals surface area (Å²) in [5, 5.41) is 2.47. The van der Waals surface area contributed by atoms with Crippen LogP contribution in [0.5, 0.6) is 0 Å². The molecule has 1 saturated carbocycles. The van der Waals surface area contributed by atoms with Crippen LogP contribution in [0.1, 0.15) is 19.3 Å². The maximum Gasteiger partial charge on any atom is 0.185 e. The first-order valence-electron chi connectivity index (χ1n) is 4.69. The lowest BCUT2D eigenvalue weighted by molar-refractivity contribution is 0.425. The molecule has 0 atom stereocenters. The standard InChI is InChI=1S/C10H9F4N/c11-6-4-7(12)9(14)10(8(6)13)15-5-2-1-3-5/h4-5,15H,1-3H2. The van der Waals surface area contributed by atoms with E-state index >= 15 is 0 Å². The summed E-state index contributed by atoms with van der Waals surface area (Å²) in [6, 6.07) is 0.117. The molecule has 1 aromatic rings. The molecule has 0 bridgehead atoms. The van der Waals surface area contributed by atoms with Crippen molar-refractivity contribution in [1.82, 2.24) is 0 Å². The minimum atomic E-state index is -1.38. The largest absolute Gasteiger partial charge is 0.377 e. The van der Waals surface area contributed by atoms with Crippen LogP contribution in [0.15, 0.2) is 6.07 Å². The molecule has 15 heavy (non-hydrogen) atoms. The SMILES string of the molecule is Fc1cc(F)c(F)c(NC2CCC2)c1F. The number of rotatable bonds is 2. The van der Waals surface area contributed by atoms with Crippen molar-refractivity contribution in [2.75, 3.05) is 5.32 Å². The van der Waals surface area contributed by atoms with Gasteiger partial charge in [0.15, 0.2) is 23.3 Å². The van der Waals surface area contributed by atoms with Crippen LogP contribution >= 0.6 is 0 Å². The van der Waals surface area contributed by atoms with E-state index in [0.29, 0.717) is 0 Å². The topological polar surface area (TPSA) is 12.0 Å².